The van der Waals surface area contributed by atoms with E-state index in [-0.39, 0.29) is 81.5 Å². The highest BCUT2D eigenvalue weighted by atomic mass is 32.1. The molecule has 3 rings (SSSR count). The maximum absolute atomic E-state index is 14.1. The zero-order valence-corrected chi connectivity index (χ0v) is 35.5. The summed E-state index contributed by atoms with van der Waals surface area (Å²) in [4.78, 5) is 92.3. The fraction of sp³-hybridized carbons (Fsp3) is 0.450. The molecule has 0 saturated heterocycles. The number of aliphatic imine (C=N–C) groups is 2. The summed E-state index contributed by atoms with van der Waals surface area (Å²) in [5, 5.41) is 23.9. The number of hydrogen-bond acceptors (Lipinski definition) is 11. The van der Waals surface area contributed by atoms with Crippen molar-refractivity contribution in [1.29, 1.82) is 0 Å². The number of guanidine groups is 2. The highest BCUT2D eigenvalue weighted by Crippen LogP contribution is 2.20. The quantitative estimate of drug-likeness (QED) is 0.0176. The van der Waals surface area contributed by atoms with Crippen LogP contribution in [0.2, 0.25) is 0 Å². The summed E-state index contributed by atoms with van der Waals surface area (Å²) < 4.78 is 0. The highest BCUT2D eigenvalue weighted by molar-refractivity contribution is 7.80. The number of nitrogens with one attached hydrogen (secondary N) is 6. The molecule has 21 nitrogen and oxygen atoms in total. The number of H-pyrrole nitrogens is 1. The van der Waals surface area contributed by atoms with E-state index in [1.165, 1.54) is 12.1 Å². The van der Waals surface area contributed by atoms with Crippen molar-refractivity contribution in [3.8, 4) is 5.75 Å². The third-order valence-corrected chi connectivity index (χ3v) is 10.1. The molecule has 6 atom stereocenters. The Kier molecular flexibility index (Phi) is 20.3. The number of primary amides is 1. The van der Waals surface area contributed by atoms with E-state index in [0.29, 0.717) is 17.5 Å². The number of nitrogens with two attached hydrogens (primary N) is 6. The van der Waals surface area contributed by atoms with Gasteiger partial charge in [0.25, 0.3) is 0 Å². The van der Waals surface area contributed by atoms with Crippen LogP contribution in [0, 0.1) is 0 Å². The second-order valence-corrected chi connectivity index (χ2v) is 15.0. The van der Waals surface area contributed by atoms with Crippen molar-refractivity contribution in [2.45, 2.75) is 94.5 Å². The van der Waals surface area contributed by atoms with E-state index in [2.05, 4.69) is 54.2 Å². The van der Waals surface area contributed by atoms with Crippen molar-refractivity contribution in [3.05, 3.63) is 65.9 Å². The Hall–Kier alpha value is -6.55. The molecule has 0 spiro atoms. The van der Waals surface area contributed by atoms with Crippen LogP contribution in [0.15, 0.2) is 64.7 Å². The summed E-state index contributed by atoms with van der Waals surface area (Å²) in [5.74, 6) is -4.71. The summed E-state index contributed by atoms with van der Waals surface area (Å²) in [6.07, 6.45) is 2.80. The Morgan fingerprint density at radius 3 is 1.65 bits per heavy atom. The molecule has 0 saturated carbocycles. The van der Waals surface area contributed by atoms with Crippen LogP contribution in [-0.2, 0) is 41.6 Å². The number of carbonyl (C=O) groups excluding carboxylic acids is 6. The van der Waals surface area contributed by atoms with E-state index in [1.807, 2.05) is 24.3 Å². The molecular weight excluding hydrogens is 821 g/mol. The van der Waals surface area contributed by atoms with Gasteiger partial charge in [-0.2, -0.15) is 12.6 Å². The molecule has 1 aromatic heterocycles. The van der Waals surface area contributed by atoms with Crippen LogP contribution in [0.3, 0.4) is 0 Å². The van der Waals surface area contributed by atoms with Crippen molar-refractivity contribution in [1.82, 2.24) is 31.6 Å². The maximum atomic E-state index is 14.1. The number of nitrogens with zero attached hydrogens (tertiary/aromatic N) is 2. The molecule has 0 unspecified atom stereocenters. The highest BCUT2D eigenvalue weighted by Gasteiger charge is 2.33. The van der Waals surface area contributed by atoms with E-state index in [4.69, 9.17) is 34.4 Å². The predicted octanol–water partition coefficient (Wildman–Crippen LogP) is -2.27. The Morgan fingerprint density at radius 1 is 0.661 bits per heavy atom. The third kappa shape index (κ3) is 16.5. The summed E-state index contributed by atoms with van der Waals surface area (Å²) in [5.41, 5.74) is 35.6. The molecule has 0 radical (unpaired) electrons. The van der Waals surface area contributed by atoms with Crippen LogP contribution in [0.1, 0.15) is 56.6 Å². The first-order chi connectivity index (χ1) is 29.5. The fourth-order valence-electron chi connectivity index (χ4n) is 6.37. The van der Waals surface area contributed by atoms with Crippen molar-refractivity contribution >= 4 is 70.9 Å². The summed E-state index contributed by atoms with van der Waals surface area (Å²) in [6.45, 7) is 2.02. The molecule has 62 heavy (non-hydrogen) atoms. The summed E-state index contributed by atoms with van der Waals surface area (Å²) >= 11 is 4.11. The SMILES string of the molecule is CCC[C@H](NC(=O)[C@H](CCCN=C(N)N)NC(=O)[C@H](Cc1c[nH]c2ccccc12)NC(=O)[C@@H](N)CS)C(=O)N[C@@H](CCCN=C(N)N)C(=O)N[C@@H](Cc1ccc(O)cc1)C(N)=O. The summed E-state index contributed by atoms with van der Waals surface area (Å²) in [6, 6.07) is 6.32. The maximum Gasteiger partial charge on any atom is 0.243 e. The van der Waals surface area contributed by atoms with Gasteiger partial charge in [0.2, 0.25) is 35.4 Å². The van der Waals surface area contributed by atoms with Crippen LogP contribution in [0.25, 0.3) is 10.9 Å². The van der Waals surface area contributed by atoms with Gasteiger partial charge in [-0.05, 0) is 61.4 Å². The number of aromatic nitrogens is 1. The minimum Gasteiger partial charge on any atom is -0.508 e. The van der Waals surface area contributed by atoms with Gasteiger partial charge in [0, 0.05) is 48.8 Å². The molecule has 0 aliphatic rings. The van der Waals surface area contributed by atoms with Crippen molar-refractivity contribution in [2.24, 2.45) is 44.4 Å². The van der Waals surface area contributed by atoms with E-state index in [1.54, 1.807) is 25.3 Å². The lowest BCUT2D eigenvalue weighted by Gasteiger charge is -2.27. The fourth-order valence-corrected chi connectivity index (χ4v) is 6.54. The molecule has 3 aromatic rings. The zero-order valence-electron chi connectivity index (χ0n) is 34.6. The predicted molar refractivity (Wildman–Crippen MR) is 239 cm³/mol. The van der Waals surface area contributed by atoms with Gasteiger partial charge in [0.1, 0.15) is 36.0 Å². The zero-order chi connectivity index (χ0) is 45.8. The number of aromatic hydroxyl groups is 1. The van der Waals surface area contributed by atoms with Gasteiger partial charge in [-0.25, -0.2) is 0 Å². The number of aromatic amines is 1. The van der Waals surface area contributed by atoms with Crippen molar-refractivity contribution in [2.75, 3.05) is 18.8 Å². The van der Waals surface area contributed by atoms with Gasteiger partial charge in [0.15, 0.2) is 11.9 Å². The molecule has 2 aromatic carbocycles. The number of fused-ring (bicyclic) bond motifs is 1. The number of phenolic OH excluding ortho intramolecular Hbond substituents is 1. The standard InChI is InChI=1S/C40H60N14O7S/c1-2-7-28(35(58)51-30(11-6-17-48-40(45)46)37(60)53-31(33(42)56)18-22-12-14-24(55)15-13-22)50-36(59)29(10-5-16-47-39(43)44)52-38(61)32(54-34(57)26(41)21-62)19-23-20-49-27-9-4-3-8-25(23)27/h3-4,8-9,12-15,20,26,28-32,49,55,62H,2,5-7,10-11,16-19,21,41H2,1H3,(H2,42,56)(H,50,59)(H,51,58)(H,52,61)(H,53,60)(H,54,57)(H4,43,44,47)(H4,45,46,48)/t26-,28-,29-,30-,31-,32-/m0/s1. The Labute approximate surface area is 364 Å². The van der Waals surface area contributed by atoms with E-state index < -0.39 is 71.7 Å². The minimum absolute atomic E-state index is 0.00482. The lowest BCUT2D eigenvalue weighted by Crippen LogP contribution is -2.59. The third-order valence-electron chi connectivity index (χ3n) is 9.67. The molecule has 0 bridgehead atoms. The number of rotatable bonds is 26. The van der Waals surface area contributed by atoms with Crippen molar-refractivity contribution in [3.63, 3.8) is 0 Å². The van der Waals surface area contributed by atoms with Gasteiger partial charge in [0.05, 0.1) is 6.04 Å². The smallest absolute Gasteiger partial charge is 0.243 e. The second-order valence-electron chi connectivity index (χ2n) is 14.6. The molecular formula is C40H60N14O7S. The van der Waals surface area contributed by atoms with Crippen LogP contribution in [0.4, 0.5) is 0 Å². The molecule has 19 N–H and O–H groups in total. The number of para-hydroxylation sites is 1. The van der Waals surface area contributed by atoms with Crippen LogP contribution < -0.4 is 61.0 Å². The van der Waals surface area contributed by atoms with Gasteiger partial charge in [-0.1, -0.05) is 43.7 Å². The Balaban J connectivity index is 1.87. The topological polar surface area (TPSA) is 379 Å². The lowest BCUT2D eigenvalue weighted by atomic mass is 10.0. The van der Waals surface area contributed by atoms with Gasteiger partial charge in [-0.3, -0.25) is 38.8 Å². The average molecular weight is 881 g/mol. The van der Waals surface area contributed by atoms with Crippen molar-refractivity contribution < 1.29 is 33.9 Å². The monoisotopic (exact) mass is 880 g/mol. The molecule has 0 fully saturated rings. The van der Waals surface area contributed by atoms with Crippen LogP contribution >= 0.6 is 12.6 Å². The number of thiol groups is 1. The summed E-state index contributed by atoms with van der Waals surface area (Å²) in [7, 11) is 0. The number of phenols is 1. The average Bonchev–Trinajstić information content (AvgIpc) is 3.64. The largest absolute Gasteiger partial charge is 0.508 e. The first-order valence-electron chi connectivity index (χ1n) is 20.1. The molecule has 338 valence electrons. The second kappa shape index (κ2) is 25.3. The number of hydrogen-bond donors (Lipinski definition) is 14. The van der Waals surface area contributed by atoms with Gasteiger partial charge in [-0.15, -0.1) is 0 Å². The first kappa shape index (κ1) is 49.8. The van der Waals surface area contributed by atoms with Crippen LogP contribution in [0.5, 0.6) is 5.75 Å². The minimum atomic E-state index is -1.25. The molecule has 1 heterocycles. The van der Waals surface area contributed by atoms with Gasteiger partial charge < -0.3 is 71.1 Å². The normalized spacial score (nSPS) is 13.9. The molecule has 0 aliphatic carbocycles. The molecule has 22 heteroatoms. The Morgan fingerprint density at radius 2 is 1.15 bits per heavy atom. The van der Waals surface area contributed by atoms with E-state index in [9.17, 15) is 33.9 Å². The number of amides is 6. The number of benzene rings is 2. The Bertz CT molecular complexity index is 2040. The van der Waals surface area contributed by atoms with Gasteiger partial charge >= 0.3 is 0 Å². The molecule has 6 amide bonds. The lowest BCUT2D eigenvalue weighted by molar-refractivity contribution is -0.135. The first-order valence-corrected chi connectivity index (χ1v) is 20.8. The van der Waals surface area contributed by atoms with Crippen LogP contribution in [-0.4, -0.2) is 113 Å². The van der Waals surface area contributed by atoms with E-state index in [0.717, 1.165) is 10.9 Å². The van der Waals surface area contributed by atoms with E-state index >= 15 is 0 Å². The number of carbonyl (C=O) groups is 6. The molecule has 0 aliphatic heterocycles.